The largest absolute Gasteiger partial charge is 0.384 e. The first kappa shape index (κ1) is 17.0. The van der Waals surface area contributed by atoms with Crippen molar-refractivity contribution in [2.75, 3.05) is 5.73 Å². The number of fused-ring (bicyclic) bond motifs is 1. The molecule has 0 atom stereocenters. The molecule has 5 heteroatoms. The summed E-state index contributed by atoms with van der Waals surface area (Å²) in [5, 5.41) is 15.3. The molecule has 5 rings (SSSR count). The molecule has 0 aliphatic heterocycles. The predicted octanol–water partition coefficient (Wildman–Crippen LogP) is 4.54. The van der Waals surface area contributed by atoms with E-state index < -0.39 is 0 Å². The SMILES string of the molecule is N=c1c2c(N)n(-c3ccccc3)cc2c(-c2ccccc2)nn1-c1ccccc1. The van der Waals surface area contributed by atoms with E-state index in [0.717, 1.165) is 28.0 Å². The Morgan fingerprint density at radius 1 is 0.724 bits per heavy atom. The molecule has 29 heavy (non-hydrogen) atoms. The Morgan fingerprint density at radius 3 is 1.90 bits per heavy atom. The highest BCUT2D eigenvalue weighted by Gasteiger charge is 2.18. The number of rotatable bonds is 3. The first-order chi connectivity index (χ1) is 14.2. The minimum atomic E-state index is 0.262. The van der Waals surface area contributed by atoms with Crippen molar-refractivity contribution in [2.45, 2.75) is 0 Å². The van der Waals surface area contributed by atoms with Gasteiger partial charge in [0.2, 0.25) is 0 Å². The van der Waals surface area contributed by atoms with Gasteiger partial charge in [-0.25, -0.2) is 4.68 Å². The van der Waals surface area contributed by atoms with E-state index in [1.165, 1.54) is 0 Å². The van der Waals surface area contributed by atoms with Gasteiger partial charge in [0.1, 0.15) is 11.5 Å². The third-order valence-electron chi connectivity index (χ3n) is 5.03. The first-order valence-electron chi connectivity index (χ1n) is 9.39. The molecule has 5 aromatic rings. The predicted molar refractivity (Wildman–Crippen MR) is 116 cm³/mol. The molecule has 140 valence electrons. The molecule has 0 radical (unpaired) electrons. The molecule has 3 N–H and O–H groups in total. The Hall–Kier alpha value is -4.12. The molecule has 0 bridgehead atoms. The van der Waals surface area contributed by atoms with Gasteiger partial charge in [-0.15, -0.1) is 0 Å². The zero-order valence-corrected chi connectivity index (χ0v) is 15.7. The van der Waals surface area contributed by atoms with Gasteiger partial charge in [-0.05, 0) is 24.3 Å². The van der Waals surface area contributed by atoms with Crippen molar-refractivity contribution in [3.05, 3.63) is 103 Å². The van der Waals surface area contributed by atoms with E-state index in [-0.39, 0.29) is 5.49 Å². The van der Waals surface area contributed by atoms with Crippen molar-refractivity contribution in [3.63, 3.8) is 0 Å². The van der Waals surface area contributed by atoms with Gasteiger partial charge in [-0.1, -0.05) is 66.7 Å². The van der Waals surface area contributed by atoms with E-state index in [0.29, 0.717) is 11.2 Å². The number of nitrogens with two attached hydrogens (primary N) is 1. The van der Waals surface area contributed by atoms with E-state index in [4.69, 9.17) is 16.2 Å². The fourth-order valence-electron chi connectivity index (χ4n) is 3.63. The van der Waals surface area contributed by atoms with Crippen molar-refractivity contribution in [3.8, 4) is 22.6 Å². The monoisotopic (exact) mass is 377 g/mol. The lowest BCUT2D eigenvalue weighted by atomic mass is 10.1. The maximum Gasteiger partial charge on any atom is 0.158 e. The summed E-state index contributed by atoms with van der Waals surface area (Å²) >= 11 is 0. The molecule has 0 saturated carbocycles. The number of benzene rings is 3. The standard InChI is InChI=1S/C24H19N5/c25-23-21-20(16-28(23)18-12-6-2-7-13-18)22(17-10-4-1-5-11-17)27-29(24(21)26)19-14-8-3-9-15-19/h1-16,26H,25H2. The highest BCUT2D eigenvalue weighted by molar-refractivity contribution is 6.00. The summed E-state index contributed by atoms with van der Waals surface area (Å²) in [5.41, 5.74) is 10.4. The number of hydrogen-bond donors (Lipinski definition) is 2. The fourth-order valence-corrected chi connectivity index (χ4v) is 3.63. The van der Waals surface area contributed by atoms with Gasteiger partial charge in [0, 0.05) is 22.8 Å². The summed E-state index contributed by atoms with van der Waals surface area (Å²) in [5.74, 6) is 0.528. The zero-order valence-electron chi connectivity index (χ0n) is 15.7. The Balaban J connectivity index is 1.89. The smallest absolute Gasteiger partial charge is 0.158 e. The summed E-state index contributed by atoms with van der Waals surface area (Å²) in [6, 6.07) is 29.6. The highest BCUT2D eigenvalue weighted by Crippen LogP contribution is 2.31. The molecular formula is C24H19N5. The summed E-state index contributed by atoms with van der Waals surface area (Å²) in [7, 11) is 0. The number of nitrogens with one attached hydrogen (secondary N) is 1. The van der Waals surface area contributed by atoms with Crippen LogP contribution in [0.5, 0.6) is 0 Å². The van der Waals surface area contributed by atoms with Crippen LogP contribution < -0.4 is 11.2 Å². The van der Waals surface area contributed by atoms with Crippen LogP contribution in [-0.2, 0) is 0 Å². The van der Waals surface area contributed by atoms with Crippen LogP contribution in [0.4, 0.5) is 5.82 Å². The Kier molecular flexibility index (Phi) is 3.99. The maximum atomic E-state index is 8.86. The second-order valence-electron chi connectivity index (χ2n) is 6.82. The van der Waals surface area contributed by atoms with Crippen molar-refractivity contribution in [1.82, 2.24) is 14.3 Å². The average Bonchev–Trinajstić information content (AvgIpc) is 3.14. The fraction of sp³-hybridized carbons (Fsp3) is 0. The summed E-state index contributed by atoms with van der Waals surface area (Å²) in [4.78, 5) is 0. The van der Waals surface area contributed by atoms with Crippen LogP contribution in [-0.4, -0.2) is 14.3 Å². The molecule has 0 fully saturated rings. The lowest BCUT2D eigenvalue weighted by Gasteiger charge is -2.11. The second-order valence-corrected chi connectivity index (χ2v) is 6.82. The number of anilines is 1. The van der Waals surface area contributed by atoms with Crippen LogP contribution in [0.3, 0.4) is 0 Å². The van der Waals surface area contributed by atoms with Crippen LogP contribution in [0, 0.1) is 5.41 Å². The molecule has 0 unspecified atom stereocenters. The van der Waals surface area contributed by atoms with E-state index in [1.807, 2.05) is 102 Å². The van der Waals surface area contributed by atoms with Crippen LogP contribution in [0.2, 0.25) is 0 Å². The molecule has 0 aliphatic carbocycles. The summed E-state index contributed by atoms with van der Waals surface area (Å²) < 4.78 is 3.57. The number of aromatic nitrogens is 3. The molecule has 0 spiro atoms. The van der Waals surface area contributed by atoms with Crippen molar-refractivity contribution >= 4 is 16.6 Å². The van der Waals surface area contributed by atoms with Gasteiger partial charge in [0.05, 0.1) is 11.1 Å². The second kappa shape index (κ2) is 6.80. The van der Waals surface area contributed by atoms with Gasteiger partial charge >= 0.3 is 0 Å². The maximum absolute atomic E-state index is 8.86. The van der Waals surface area contributed by atoms with Crippen molar-refractivity contribution in [1.29, 1.82) is 5.41 Å². The van der Waals surface area contributed by atoms with Gasteiger partial charge in [-0.2, -0.15) is 5.10 Å². The van der Waals surface area contributed by atoms with Crippen LogP contribution in [0.1, 0.15) is 0 Å². The number of nitrogen functional groups attached to an aromatic ring is 1. The highest BCUT2D eigenvalue weighted by atomic mass is 15.3. The van der Waals surface area contributed by atoms with Crippen LogP contribution in [0.15, 0.2) is 97.2 Å². The van der Waals surface area contributed by atoms with Gasteiger partial charge in [0.15, 0.2) is 5.49 Å². The van der Waals surface area contributed by atoms with Crippen molar-refractivity contribution < 1.29 is 0 Å². The molecular weight excluding hydrogens is 358 g/mol. The van der Waals surface area contributed by atoms with Gasteiger partial charge in [-0.3, -0.25) is 5.41 Å². The Morgan fingerprint density at radius 2 is 1.28 bits per heavy atom. The average molecular weight is 377 g/mol. The molecule has 0 amide bonds. The third-order valence-corrected chi connectivity index (χ3v) is 5.03. The molecule has 0 aliphatic rings. The summed E-state index contributed by atoms with van der Waals surface area (Å²) in [6.07, 6.45) is 1.97. The Bertz CT molecular complexity index is 1350. The Labute approximate surface area is 167 Å². The summed E-state index contributed by atoms with van der Waals surface area (Å²) in [6.45, 7) is 0. The lowest BCUT2D eigenvalue weighted by molar-refractivity contribution is 0.794. The van der Waals surface area contributed by atoms with Crippen molar-refractivity contribution in [2.24, 2.45) is 0 Å². The number of para-hydroxylation sites is 2. The van der Waals surface area contributed by atoms with Crippen LogP contribution >= 0.6 is 0 Å². The van der Waals surface area contributed by atoms with Gasteiger partial charge in [0.25, 0.3) is 0 Å². The topological polar surface area (TPSA) is 72.6 Å². The number of hydrogen-bond acceptors (Lipinski definition) is 3. The van der Waals surface area contributed by atoms with E-state index in [1.54, 1.807) is 4.68 Å². The lowest BCUT2D eigenvalue weighted by Crippen LogP contribution is -2.22. The zero-order chi connectivity index (χ0) is 19.8. The first-order valence-corrected chi connectivity index (χ1v) is 9.39. The normalized spacial score (nSPS) is 11.0. The quantitative estimate of drug-likeness (QED) is 0.484. The molecule has 3 aromatic carbocycles. The molecule has 2 heterocycles. The molecule has 0 saturated heterocycles. The third kappa shape index (κ3) is 2.80. The van der Waals surface area contributed by atoms with Gasteiger partial charge < -0.3 is 10.3 Å². The van der Waals surface area contributed by atoms with Crippen LogP contribution in [0.25, 0.3) is 33.4 Å². The molecule has 2 aromatic heterocycles. The minimum Gasteiger partial charge on any atom is -0.384 e. The minimum absolute atomic E-state index is 0.262. The number of nitrogens with zero attached hydrogens (tertiary/aromatic N) is 3. The van der Waals surface area contributed by atoms with E-state index >= 15 is 0 Å². The molecule has 5 nitrogen and oxygen atoms in total. The van der Waals surface area contributed by atoms with E-state index in [9.17, 15) is 0 Å². The van der Waals surface area contributed by atoms with E-state index in [2.05, 4.69) is 0 Å².